The van der Waals surface area contributed by atoms with Gasteiger partial charge in [-0.05, 0) is 19.0 Å². The number of ether oxygens (including phenoxy) is 1. The van der Waals surface area contributed by atoms with Gasteiger partial charge < -0.3 is 10.1 Å². The summed E-state index contributed by atoms with van der Waals surface area (Å²) in [5.74, 6) is 0.687. The normalized spacial score (nSPS) is 9.93. The van der Waals surface area contributed by atoms with Gasteiger partial charge in [-0.2, -0.15) is 0 Å². The predicted molar refractivity (Wildman–Crippen MR) is 61.9 cm³/mol. The van der Waals surface area contributed by atoms with Crippen LogP contribution in [0, 0.1) is 0 Å². The Morgan fingerprint density at radius 1 is 1.53 bits per heavy atom. The zero-order chi connectivity index (χ0) is 10.9. The van der Waals surface area contributed by atoms with Crippen molar-refractivity contribution in [3.05, 3.63) is 36.5 Å². The van der Waals surface area contributed by atoms with Gasteiger partial charge in [0.05, 0.1) is 12.3 Å². The lowest BCUT2D eigenvalue weighted by Crippen LogP contribution is -2.13. The molecule has 1 aromatic rings. The summed E-state index contributed by atoms with van der Waals surface area (Å²) in [6.45, 7) is 8.09. The van der Waals surface area contributed by atoms with Gasteiger partial charge in [-0.25, -0.2) is 4.98 Å². The molecule has 0 unspecified atom stereocenters. The largest absolute Gasteiger partial charge is 0.477 e. The second-order valence-electron chi connectivity index (χ2n) is 3.17. The van der Waals surface area contributed by atoms with Crippen LogP contribution in [0.4, 0.5) is 0 Å². The molecular formula is C12H18N2O. The quantitative estimate of drug-likeness (QED) is 0.548. The van der Waals surface area contributed by atoms with Crippen molar-refractivity contribution >= 4 is 0 Å². The predicted octanol–water partition coefficient (Wildman–Crippen LogP) is 2.15. The van der Waals surface area contributed by atoms with Crippen LogP contribution >= 0.6 is 0 Å². The van der Waals surface area contributed by atoms with Crippen LogP contribution in [0.3, 0.4) is 0 Å². The van der Waals surface area contributed by atoms with Crippen LogP contribution in [0.15, 0.2) is 30.9 Å². The SMILES string of the molecule is C=CCCOc1cccc(CNCC)n1. The number of nitrogens with one attached hydrogen (secondary N) is 1. The van der Waals surface area contributed by atoms with Crippen molar-refractivity contribution in [3.8, 4) is 5.88 Å². The molecule has 0 atom stereocenters. The standard InChI is InChI=1S/C12H18N2O/c1-3-5-9-15-12-8-6-7-11(14-12)10-13-4-2/h3,6-8,13H,1,4-5,9-10H2,2H3. The van der Waals surface area contributed by atoms with E-state index in [4.69, 9.17) is 4.74 Å². The molecule has 82 valence electrons. The van der Waals surface area contributed by atoms with Gasteiger partial charge in [-0.3, -0.25) is 0 Å². The Balaban J connectivity index is 2.46. The maximum absolute atomic E-state index is 5.46. The maximum Gasteiger partial charge on any atom is 0.213 e. The van der Waals surface area contributed by atoms with Crippen molar-refractivity contribution in [1.82, 2.24) is 10.3 Å². The van der Waals surface area contributed by atoms with E-state index < -0.39 is 0 Å². The molecule has 0 aliphatic carbocycles. The first-order chi connectivity index (χ1) is 7.36. The minimum absolute atomic E-state index is 0.640. The molecule has 1 rings (SSSR count). The van der Waals surface area contributed by atoms with Crippen molar-refractivity contribution < 1.29 is 4.74 Å². The average Bonchev–Trinajstić information content (AvgIpc) is 2.27. The van der Waals surface area contributed by atoms with Crippen LogP contribution in [-0.2, 0) is 6.54 Å². The van der Waals surface area contributed by atoms with Crippen molar-refractivity contribution in [2.45, 2.75) is 19.9 Å². The van der Waals surface area contributed by atoms with E-state index in [2.05, 4.69) is 23.8 Å². The summed E-state index contributed by atoms with van der Waals surface area (Å²) in [6.07, 6.45) is 2.68. The summed E-state index contributed by atoms with van der Waals surface area (Å²) in [7, 11) is 0. The molecule has 1 N–H and O–H groups in total. The minimum Gasteiger partial charge on any atom is -0.477 e. The number of rotatable bonds is 7. The van der Waals surface area contributed by atoms with Gasteiger partial charge in [0.1, 0.15) is 0 Å². The molecule has 0 amide bonds. The Kier molecular flexibility index (Phi) is 5.48. The number of hydrogen-bond acceptors (Lipinski definition) is 3. The molecule has 0 bridgehead atoms. The highest BCUT2D eigenvalue weighted by Gasteiger charge is 1.97. The lowest BCUT2D eigenvalue weighted by Gasteiger charge is -2.06. The molecule has 0 saturated heterocycles. The highest BCUT2D eigenvalue weighted by atomic mass is 16.5. The Hall–Kier alpha value is -1.35. The highest BCUT2D eigenvalue weighted by molar-refractivity contribution is 5.15. The van der Waals surface area contributed by atoms with Crippen molar-refractivity contribution in [2.75, 3.05) is 13.2 Å². The first-order valence-corrected chi connectivity index (χ1v) is 5.27. The lowest BCUT2D eigenvalue weighted by atomic mass is 10.3. The highest BCUT2D eigenvalue weighted by Crippen LogP contribution is 2.07. The van der Waals surface area contributed by atoms with Crippen LogP contribution in [-0.4, -0.2) is 18.1 Å². The molecule has 1 heterocycles. The van der Waals surface area contributed by atoms with Crippen LogP contribution in [0.1, 0.15) is 19.0 Å². The third-order valence-corrected chi connectivity index (χ3v) is 1.91. The topological polar surface area (TPSA) is 34.1 Å². The molecule has 3 heteroatoms. The smallest absolute Gasteiger partial charge is 0.213 e. The fourth-order valence-corrected chi connectivity index (χ4v) is 1.14. The van der Waals surface area contributed by atoms with Gasteiger partial charge in [0, 0.05) is 12.6 Å². The zero-order valence-electron chi connectivity index (χ0n) is 9.20. The van der Waals surface area contributed by atoms with Crippen LogP contribution in [0.2, 0.25) is 0 Å². The van der Waals surface area contributed by atoms with E-state index in [9.17, 15) is 0 Å². The van der Waals surface area contributed by atoms with E-state index >= 15 is 0 Å². The van der Waals surface area contributed by atoms with E-state index in [1.807, 2.05) is 24.3 Å². The zero-order valence-corrected chi connectivity index (χ0v) is 9.20. The van der Waals surface area contributed by atoms with E-state index in [1.54, 1.807) is 0 Å². The molecule has 0 aliphatic rings. The fourth-order valence-electron chi connectivity index (χ4n) is 1.14. The fraction of sp³-hybridized carbons (Fsp3) is 0.417. The number of pyridine rings is 1. The van der Waals surface area contributed by atoms with Crippen molar-refractivity contribution in [1.29, 1.82) is 0 Å². The van der Waals surface area contributed by atoms with Gasteiger partial charge in [0.15, 0.2) is 0 Å². The number of aromatic nitrogens is 1. The van der Waals surface area contributed by atoms with Crippen LogP contribution in [0.25, 0.3) is 0 Å². The molecule has 3 nitrogen and oxygen atoms in total. The molecule has 0 radical (unpaired) electrons. The van der Waals surface area contributed by atoms with E-state index in [1.165, 1.54) is 0 Å². The Morgan fingerprint density at radius 2 is 2.40 bits per heavy atom. The molecular weight excluding hydrogens is 188 g/mol. The van der Waals surface area contributed by atoms with Crippen molar-refractivity contribution in [2.24, 2.45) is 0 Å². The van der Waals surface area contributed by atoms with Crippen LogP contribution in [0.5, 0.6) is 5.88 Å². The summed E-state index contributed by atoms with van der Waals surface area (Å²) in [4.78, 5) is 4.36. The summed E-state index contributed by atoms with van der Waals surface area (Å²) in [5.41, 5.74) is 1.01. The van der Waals surface area contributed by atoms with Gasteiger partial charge in [0.2, 0.25) is 5.88 Å². The summed E-state index contributed by atoms with van der Waals surface area (Å²) < 4.78 is 5.46. The Labute approximate surface area is 91.2 Å². The van der Waals surface area contributed by atoms with Gasteiger partial charge in [0.25, 0.3) is 0 Å². The maximum atomic E-state index is 5.46. The molecule has 0 fully saturated rings. The van der Waals surface area contributed by atoms with E-state index in [-0.39, 0.29) is 0 Å². The Bertz CT molecular complexity index is 299. The van der Waals surface area contributed by atoms with Crippen LogP contribution < -0.4 is 10.1 Å². The van der Waals surface area contributed by atoms with E-state index in [0.717, 1.165) is 25.2 Å². The van der Waals surface area contributed by atoms with Gasteiger partial charge in [-0.15, -0.1) is 6.58 Å². The second kappa shape index (κ2) is 7.01. The molecule has 0 spiro atoms. The van der Waals surface area contributed by atoms with Gasteiger partial charge >= 0.3 is 0 Å². The Morgan fingerprint density at radius 3 is 3.13 bits per heavy atom. The van der Waals surface area contributed by atoms with E-state index in [0.29, 0.717) is 12.5 Å². The van der Waals surface area contributed by atoms with Crippen molar-refractivity contribution in [3.63, 3.8) is 0 Å². The molecule has 0 saturated carbocycles. The second-order valence-corrected chi connectivity index (χ2v) is 3.17. The molecule has 0 aromatic carbocycles. The first kappa shape index (κ1) is 11.7. The minimum atomic E-state index is 0.640. The average molecular weight is 206 g/mol. The summed E-state index contributed by atoms with van der Waals surface area (Å²) >= 11 is 0. The third kappa shape index (κ3) is 4.61. The summed E-state index contributed by atoms with van der Waals surface area (Å²) in [6, 6.07) is 5.82. The third-order valence-electron chi connectivity index (χ3n) is 1.91. The molecule has 0 aliphatic heterocycles. The first-order valence-electron chi connectivity index (χ1n) is 5.27. The monoisotopic (exact) mass is 206 g/mol. The number of nitrogens with zero attached hydrogens (tertiary/aromatic N) is 1. The molecule has 1 aromatic heterocycles. The number of hydrogen-bond donors (Lipinski definition) is 1. The molecule has 15 heavy (non-hydrogen) atoms. The van der Waals surface area contributed by atoms with Gasteiger partial charge in [-0.1, -0.05) is 19.1 Å². The summed E-state index contributed by atoms with van der Waals surface area (Å²) in [5, 5.41) is 3.22. The lowest BCUT2D eigenvalue weighted by molar-refractivity contribution is 0.311.